The minimum Gasteiger partial charge on any atom is -0.434 e. The molecule has 0 aliphatic heterocycles. The summed E-state index contributed by atoms with van der Waals surface area (Å²) in [7, 11) is 0. The van der Waals surface area contributed by atoms with Crippen molar-refractivity contribution in [1.82, 2.24) is 0 Å². The smallest absolute Gasteiger partial charge is 0.387 e. The highest BCUT2D eigenvalue weighted by Gasteiger charge is 2.37. The van der Waals surface area contributed by atoms with Crippen LogP contribution in [0.1, 0.15) is 22.3 Å². The lowest BCUT2D eigenvalue weighted by Gasteiger charge is -2.36. The summed E-state index contributed by atoms with van der Waals surface area (Å²) in [5.41, 5.74) is 2.96. The average Bonchev–Trinajstić information content (AvgIpc) is 2.83. The second kappa shape index (κ2) is 10.1. The van der Waals surface area contributed by atoms with Crippen LogP contribution in [0.2, 0.25) is 0 Å². The molecule has 0 bridgehead atoms. The molecule has 4 aromatic carbocycles. The maximum absolute atomic E-state index is 12.6. The van der Waals surface area contributed by atoms with Gasteiger partial charge in [-0.2, -0.15) is 8.78 Å². The molecular weight excluding hydrogens is 474 g/mol. The van der Waals surface area contributed by atoms with Gasteiger partial charge in [0, 0.05) is 0 Å². The first kappa shape index (κ1) is 22.2. The number of ether oxygens (including phenoxy) is 2. The van der Waals surface area contributed by atoms with Gasteiger partial charge >= 0.3 is 6.61 Å². The molecule has 4 rings (SSSR count). The van der Waals surface area contributed by atoms with Gasteiger partial charge in [0.1, 0.15) is 11.4 Å². The maximum Gasteiger partial charge on any atom is 0.387 e. The van der Waals surface area contributed by atoms with E-state index in [1.165, 1.54) is 6.07 Å². The number of alkyl halides is 2. The molecule has 0 aliphatic rings. The Kier molecular flexibility index (Phi) is 6.98. The third-order valence-electron chi connectivity index (χ3n) is 5.21. The topological polar surface area (TPSA) is 18.5 Å². The number of hydrogen-bond acceptors (Lipinski definition) is 2. The SMILES string of the molecule is FC(F)Oc1ccc(COC(c2ccccc2)(c2ccccc2)c2ccccc2)cc1Br. The van der Waals surface area contributed by atoms with E-state index in [2.05, 4.69) is 57.1 Å². The van der Waals surface area contributed by atoms with Crippen LogP contribution in [0.3, 0.4) is 0 Å². The molecule has 4 aromatic rings. The van der Waals surface area contributed by atoms with E-state index < -0.39 is 12.2 Å². The first-order valence-electron chi connectivity index (χ1n) is 10.1. The van der Waals surface area contributed by atoms with Crippen LogP contribution in [0.15, 0.2) is 114 Å². The molecule has 0 radical (unpaired) electrons. The van der Waals surface area contributed by atoms with Gasteiger partial charge in [0.25, 0.3) is 0 Å². The van der Waals surface area contributed by atoms with Crippen LogP contribution in [0.5, 0.6) is 5.75 Å². The van der Waals surface area contributed by atoms with E-state index >= 15 is 0 Å². The molecule has 5 heteroatoms. The van der Waals surface area contributed by atoms with Crippen molar-refractivity contribution in [3.05, 3.63) is 136 Å². The molecule has 0 heterocycles. The van der Waals surface area contributed by atoms with Crippen molar-refractivity contribution in [1.29, 1.82) is 0 Å². The number of rotatable bonds is 8. The zero-order valence-corrected chi connectivity index (χ0v) is 18.7. The quantitative estimate of drug-likeness (QED) is 0.235. The summed E-state index contributed by atoms with van der Waals surface area (Å²) in [6.45, 7) is -2.62. The van der Waals surface area contributed by atoms with E-state index in [-0.39, 0.29) is 12.4 Å². The van der Waals surface area contributed by atoms with Crippen LogP contribution >= 0.6 is 15.9 Å². The lowest BCUT2D eigenvalue weighted by molar-refractivity contribution is -0.0504. The number of hydrogen-bond donors (Lipinski definition) is 0. The summed E-state index contributed by atoms with van der Waals surface area (Å²) in [6, 6.07) is 35.2. The third kappa shape index (κ3) is 4.74. The standard InChI is InChI=1S/C27H21BrF2O2/c28-24-18-20(16-17-25(24)32-26(29)30)19-31-27(21-10-4-1-5-11-21,22-12-6-2-7-13-22)23-14-8-3-9-15-23/h1-18,26H,19H2. The van der Waals surface area contributed by atoms with Crippen molar-refractivity contribution in [3.8, 4) is 5.75 Å². The summed E-state index contributed by atoms with van der Waals surface area (Å²) < 4.78 is 36.9. The van der Waals surface area contributed by atoms with Gasteiger partial charge in [-0.25, -0.2) is 0 Å². The van der Waals surface area contributed by atoms with Gasteiger partial charge in [0.15, 0.2) is 0 Å². The van der Waals surface area contributed by atoms with Crippen LogP contribution < -0.4 is 4.74 Å². The molecular formula is C27H21BrF2O2. The van der Waals surface area contributed by atoms with Gasteiger partial charge < -0.3 is 9.47 Å². The average molecular weight is 495 g/mol. The monoisotopic (exact) mass is 494 g/mol. The minimum atomic E-state index is -2.88. The van der Waals surface area contributed by atoms with Crippen molar-refractivity contribution >= 4 is 15.9 Å². The minimum absolute atomic E-state index is 0.0872. The molecule has 0 fully saturated rings. The first-order valence-corrected chi connectivity index (χ1v) is 10.9. The molecule has 162 valence electrons. The van der Waals surface area contributed by atoms with Crippen LogP contribution in [-0.2, 0) is 16.9 Å². The first-order chi connectivity index (χ1) is 15.6. The molecule has 0 unspecified atom stereocenters. The Morgan fingerprint density at radius 2 is 1.16 bits per heavy atom. The van der Waals surface area contributed by atoms with Gasteiger partial charge in [-0.05, 0) is 50.3 Å². The zero-order valence-electron chi connectivity index (χ0n) is 17.1. The van der Waals surface area contributed by atoms with Gasteiger partial charge in [-0.15, -0.1) is 0 Å². The molecule has 0 aromatic heterocycles. The number of benzene rings is 4. The van der Waals surface area contributed by atoms with E-state index in [1.807, 2.05) is 54.6 Å². The third-order valence-corrected chi connectivity index (χ3v) is 5.83. The predicted octanol–water partition coefficient (Wildman–Crippen LogP) is 7.56. The van der Waals surface area contributed by atoms with Crippen LogP contribution in [0.4, 0.5) is 8.78 Å². The molecule has 0 atom stereocenters. The molecule has 0 saturated heterocycles. The normalized spacial score (nSPS) is 11.5. The lowest BCUT2D eigenvalue weighted by Crippen LogP contribution is -2.32. The fourth-order valence-electron chi connectivity index (χ4n) is 3.79. The van der Waals surface area contributed by atoms with Crippen molar-refractivity contribution in [2.45, 2.75) is 18.8 Å². The Morgan fingerprint density at radius 1 is 0.688 bits per heavy atom. The Bertz CT molecular complexity index is 1040. The molecule has 0 amide bonds. The fraction of sp³-hybridized carbons (Fsp3) is 0.111. The van der Waals surface area contributed by atoms with Gasteiger partial charge in [-0.3, -0.25) is 0 Å². The summed E-state index contributed by atoms with van der Waals surface area (Å²) in [6.07, 6.45) is 0. The van der Waals surface area contributed by atoms with E-state index in [4.69, 9.17) is 4.74 Å². The van der Waals surface area contributed by atoms with Gasteiger partial charge in [0.2, 0.25) is 0 Å². The van der Waals surface area contributed by atoms with Crippen molar-refractivity contribution in [2.24, 2.45) is 0 Å². The molecule has 32 heavy (non-hydrogen) atoms. The van der Waals surface area contributed by atoms with E-state index in [9.17, 15) is 8.78 Å². The van der Waals surface area contributed by atoms with Crippen molar-refractivity contribution in [2.75, 3.05) is 0 Å². The van der Waals surface area contributed by atoms with E-state index in [1.54, 1.807) is 12.1 Å². The second-order valence-electron chi connectivity index (χ2n) is 7.21. The zero-order chi connectivity index (χ0) is 22.4. The highest BCUT2D eigenvalue weighted by Crippen LogP contribution is 2.41. The molecule has 2 nitrogen and oxygen atoms in total. The predicted molar refractivity (Wildman–Crippen MR) is 125 cm³/mol. The summed E-state index contributed by atoms with van der Waals surface area (Å²) in [5, 5.41) is 0. The van der Waals surface area contributed by atoms with E-state index in [0.717, 1.165) is 22.3 Å². The molecule has 0 saturated carbocycles. The Morgan fingerprint density at radius 3 is 1.56 bits per heavy atom. The van der Waals surface area contributed by atoms with Crippen molar-refractivity contribution < 1.29 is 18.3 Å². The second-order valence-corrected chi connectivity index (χ2v) is 8.07. The van der Waals surface area contributed by atoms with Crippen LogP contribution in [0, 0.1) is 0 Å². The summed E-state index contributed by atoms with van der Waals surface area (Å²) >= 11 is 3.32. The van der Waals surface area contributed by atoms with Gasteiger partial charge in [0.05, 0.1) is 11.1 Å². The molecule has 0 N–H and O–H groups in total. The Labute approximate surface area is 194 Å². The van der Waals surface area contributed by atoms with E-state index in [0.29, 0.717) is 4.47 Å². The molecule has 0 spiro atoms. The van der Waals surface area contributed by atoms with Gasteiger partial charge in [-0.1, -0.05) is 97.1 Å². The largest absolute Gasteiger partial charge is 0.434 e. The summed E-state index contributed by atoms with van der Waals surface area (Å²) in [5.74, 6) is 0.0872. The fourth-order valence-corrected chi connectivity index (χ4v) is 4.31. The lowest BCUT2D eigenvalue weighted by atomic mass is 9.80. The summed E-state index contributed by atoms with van der Waals surface area (Å²) in [4.78, 5) is 0. The molecule has 0 aliphatic carbocycles. The maximum atomic E-state index is 12.6. The highest BCUT2D eigenvalue weighted by molar-refractivity contribution is 9.10. The highest BCUT2D eigenvalue weighted by atomic mass is 79.9. The van der Waals surface area contributed by atoms with Crippen LogP contribution in [-0.4, -0.2) is 6.61 Å². The van der Waals surface area contributed by atoms with Crippen LogP contribution in [0.25, 0.3) is 0 Å². The number of halogens is 3. The Hall–Kier alpha value is -3.02. The van der Waals surface area contributed by atoms with Crippen molar-refractivity contribution in [3.63, 3.8) is 0 Å². The Balaban J connectivity index is 1.77.